The third-order valence-corrected chi connectivity index (χ3v) is 3.25. The first-order chi connectivity index (χ1) is 9.36. The van der Waals surface area contributed by atoms with E-state index in [1.807, 2.05) is 30.3 Å². The normalized spacial score (nSPS) is 14.8. The molecule has 0 unspecified atom stereocenters. The summed E-state index contributed by atoms with van der Waals surface area (Å²) in [6, 6.07) is 18.4. The van der Waals surface area contributed by atoms with E-state index in [0.29, 0.717) is 0 Å². The van der Waals surface area contributed by atoms with Crippen molar-refractivity contribution in [1.82, 2.24) is 10.2 Å². The molecule has 1 aliphatic rings. The van der Waals surface area contributed by atoms with Gasteiger partial charge >= 0.3 is 0 Å². The number of rotatable bonds is 3. The van der Waals surface area contributed by atoms with Gasteiger partial charge in [0.2, 0.25) is 0 Å². The van der Waals surface area contributed by atoms with Crippen molar-refractivity contribution in [2.45, 2.75) is 0 Å². The molecule has 0 spiro atoms. The van der Waals surface area contributed by atoms with Gasteiger partial charge in [-0.1, -0.05) is 0 Å². The van der Waals surface area contributed by atoms with Crippen molar-refractivity contribution in [1.29, 1.82) is 0 Å². The maximum atomic E-state index is 4.13. The van der Waals surface area contributed by atoms with Gasteiger partial charge in [-0.25, -0.2) is 0 Å². The first-order valence-electron chi connectivity index (χ1n) is 6.86. The van der Waals surface area contributed by atoms with Gasteiger partial charge in [0.1, 0.15) is 0 Å². The smallest absolute Gasteiger partial charge is 0.0110 e. The standard InChI is InChI=1S/C12H17N2.C5H5.Fe/c1-11(12-4-2-3-5-12)10-14-8-6-13-7-9-14;1-2-4-5-3-1;/h2-5,13H,1,6-10H2;1-5H;/q-1;-5;. The van der Waals surface area contributed by atoms with E-state index in [2.05, 4.69) is 41.1 Å². The molecule has 0 aromatic heterocycles. The molecule has 2 aromatic carbocycles. The van der Waals surface area contributed by atoms with E-state index in [0.717, 1.165) is 32.7 Å². The van der Waals surface area contributed by atoms with E-state index < -0.39 is 0 Å². The number of nitrogens with one attached hydrogen (secondary N) is 1. The van der Waals surface area contributed by atoms with E-state index in [-0.39, 0.29) is 17.1 Å². The molecular formula is C17H22FeN2-6. The summed E-state index contributed by atoms with van der Waals surface area (Å²) in [6.45, 7) is 9.62. The van der Waals surface area contributed by atoms with Crippen LogP contribution in [0, 0.1) is 0 Å². The van der Waals surface area contributed by atoms with E-state index in [9.17, 15) is 0 Å². The molecule has 0 bridgehead atoms. The molecule has 0 radical (unpaired) electrons. The molecule has 1 fully saturated rings. The Balaban J connectivity index is 0.000000283. The predicted molar refractivity (Wildman–Crippen MR) is 82.4 cm³/mol. The average molecular weight is 310 g/mol. The molecule has 1 saturated heterocycles. The van der Waals surface area contributed by atoms with Crippen molar-refractivity contribution < 1.29 is 17.1 Å². The van der Waals surface area contributed by atoms with Crippen molar-refractivity contribution in [3.05, 3.63) is 66.7 Å². The van der Waals surface area contributed by atoms with Crippen molar-refractivity contribution in [3.63, 3.8) is 0 Å². The fourth-order valence-electron chi connectivity index (χ4n) is 2.16. The van der Waals surface area contributed by atoms with Crippen molar-refractivity contribution in [3.8, 4) is 0 Å². The number of hydrogen-bond donors (Lipinski definition) is 1. The van der Waals surface area contributed by atoms with E-state index >= 15 is 0 Å². The van der Waals surface area contributed by atoms with Gasteiger partial charge in [0.15, 0.2) is 0 Å². The Morgan fingerprint density at radius 2 is 1.55 bits per heavy atom. The van der Waals surface area contributed by atoms with Gasteiger partial charge in [-0.05, 0) is 0 Å². The molecule has 2 aromatic rings. The molecule has 1 heterocycles. The molecule has 20 heavy (non-hydrogen) atoms. The molecule has 2 nitrogen and oxygen atoms in total. The van der Waals surface area contributed by atoms with Crippen molar-refractivity contribution in [2.75, 3.05) is 32.7 Å². The van der Waals surface area contributed by atoms with Crippen LogP contribution in [0.4, 0.5) is 0 Å². The van der Waals surface area contributed by atoms with Crippen molar-refractivity contribution in [2.24, 2.45) is 0 Å². The van der Waals surface area contributed by atoms with Crippen LogP contribution < -0.4 is 5.32 Å². The number of piperazine rings is 1. The Morgan fingerprint density at radius 1 is 1.05 bits per heavy atom. The number of hydrogen-bond acceptors (Lipinski definition) is 2. The van der Waals surface area contributed by atoms with E-state index in [1.54, 1.807) is 0 Å². The van der Waals surface area contributed by atoms with E-state index in [4.69, 9.17) is 0 Å². The average Bonchev–Trinajstić information content (AvgIpc) is 3.16. The summed E-state index contributed by atoms with van der Waals surface area (Å²) >= 11 is 0. The summed E-state index contributed by atoms with van der Waals surface area (Å²) in [7, 11) is 0. The summed E-state index contributed by atoms with van der Waals surface area (Å²) in [6.07, 6.45) is 0. The summed E-state index contributed by atoms with van der Waals surface area (Å²) in [5.41, 5.74) is 2.51. The van der Waals surface area contributed by atoms with Crippen LogP contribution in [0.2, 0.25) is 0 Å². The van der Waals surface area contributed by atoms with Gasteiger partial charge in [-0.2, -0.15) is 18.7 Å². The van der Waals surface area contributed by atoms with Gasteiger partial charge in [0.25, 0.3) is 0 Å². The van der Waals surface area contributed by atoms with Gasteiger partial charge in [-0.15, -0.1) is 23.3 Å². The molecule has 0 atom stereocenters. The zero-order valence-electron chi connectivity index (χ0n) is 11.7. The fraction of sp³-hybridized carbons (Fsp3) is 0.294. The maximum absolute atomic E-state index is 4.13. The summed E-state index contributed by atoms with van der Waals surface area (Å²) in [4.78, 5) is 2.45. The first kappa shape index (κ1) is 16.9. The number of nitrogens with zero attached hydrogens (tertiary/aromatic N) is 1. The third-order valence-electron chi connectivity index (χ3n) is 3.25. The third kappa shape index (κ3) is 5.89. The Bertz CT molecular complexity index is 422. The zero-order chi connectivity index (χ0) is 13.3. The van der Waals surface area contributed by atoms with Crippen LogP contribution in [0.15, 0.2) is 61.2 Å². The second-order valence-electron chi connectivity index (χ2n) is 4.77. The van der Waals surface area contributed by atoms with Gasteiger partial charge < -0.3 is 35.6 Å². The van der Waals surface area contributed by atoms with E-state index in [1.165, 1.54) is 11.1 Å². The van der Waals surface area contributed by atoms with Crippen LogP contribution in [0.3, 0.4) is 0 Å². The molecule has 1 aliphatic heterocycles. The van der Waals surface area contributed by atoms with Crippen LogP contribution in [0.1, 0.15) is 5.56 Å². The first-order valence-corrected chi connectivity index (χ1v) is 6.86. The van der Waals surface area contributed by atoms with Crippen LogP contribution in [-0.2, 0) is 17.1 Å². The van der Waals surface area contributed by atoms with Crippen molar-refractivity contribution >= 4 is 5.57 Å². The molecule has 0 amide bonds. The molecule has 3 rings (SSSR count). The second kappa shape index (κ2) is 9.73. The predicted octanol–water partition coefficient (Wildman–Crippen LogP) is 2.73. The van der Waals surface area contributed by atoms with Crippen LogP contribution in [0.25, 0.3) is 5.57 Å². The van der Waals surface area contributed by atoms with Crippen LogP contribution in [0.5, 0.6) is 0 Å². The van der Waals surface area contributed by atoms with Gasteiger partial charge in [-0.3, -0.25) is 4.90 Å². The van der Waals surface area contributed by atoms with Crippen LogP contribution in [-0.4, -0.2) is 37.6 Å². The minimum Gasteiger partial charge on any atom is -0.748 e. The quantitative estimate of drug-likeness (QED) is 0.693. The Kier molecular flexibility index (Phi) is 8.24. The molecule has 3 heteroatoms. The summed E-state index contributed by atoms with van der Waals surface area (Å²) in [5, 5.41) is 3.35. The summed E-state index contributed by atoms with van der Waals surface area (Å²) in [5.74, 6) is 0. The minimum absolute atomic E-state index is 0. The molecular weight excluding hydrogens is 288 g/mol. The van der Waals surface area contributed by atoms with Gasteiger partial charge in [0.05, 0.1) is 0 Å². The topological polar surface area (TPSA) is 15.3 Å². The molecule has 0 aliphatic carbocycles. The largest absolute Gasteiger partial charge is 0.748 e. The Hall–Kier alpha value is -1.12. The fourth-order valence-corrected chi connectivity index (χ4v) is 2.16. The van der Waals surface area contributed by atoms with Crippen LogP contribution >= 0.6 is 0 Å². The summed E-state index contributed by atoms with van der Waals surface area (Å²) < 4.78 is 0. The Morgan fingerprint density at radius 3 is 2.05 bits per heavy atom. The maximum Gasteiger partial charge on any atom is 0.0110 e. The zero-order valence-corrected chi connectivity index (χ0v) is 12.8. The molecule has 0 saturated carbocycles. The molecule has 114 valence electrons. The minimum atomic E-state index is 0. The SMILES string of the molecule is C=C(CN1CCNCC1)[c-]1cccc1.[Fe].[cH-]1[cH-][cH-][cH-][cH-]1. The second-order valence-corrected chi connectivity index (χ2v) is 4.77. The van der Waals surface area contributed by atoms with Gasteiger partial charge in [0, 0.05) is 49.8 Å². The Labute approximate surface area is 132 Å². The monoisotopic (exact) mass is 310 g/mol. The molecule has 1 N–H and O–H groups in total.